The molecule has 3 aliphatic heterocycles. The average molecular weight is 756 g/mol. The lowest BCUT2D eigenvalue weighted by atomic mass is 9.89. The van der Waals surface area contributed by atoms with E-state index in [1.807, 2.05) is 90.4 Å². The summed E-state index contributed by atoms with van der Waals surface area (Å²) in [5, 5.41) is 15.7. The number of nitrogens with zero attached hydrogens (tertiary/aromatic N) is 4. The van der Waals surface area contributed by atoms with Crippen LogP contribution in [0.15, 0.2) is 83.5 Å². The maximum absolute atomic E-state index is 14.9. The predicted octanol–water partition coefficient (Wildman–Crippen LogP) is 5.62. The number of aliphatic hydroxyl groups is 1. The Hall–Kier alpha value is -4.36. The first-order valence-electron chi connectivity index (χ1n) is 19.3. The molecule has 2 aromatic carbocycles. The minimum Gasteiger partial charge on any atom is -0.490 e. The van der Waals surface area contributed by atoms with Crippen molar-refractivity contribution in [1.29, 1.82) is 0 Å². The SMILES string of the molecule is CC(C)(CF)NC(=O)[C@@H]1CN(C(C)(C)c2cc3cnccc3o2)CCN1C[C@@H](O)C[C@@H](Cc1ccccc1)C(=O)N1[C@H]2c3ccccc3OC[C@H]2OC1(C)C. The number of nitrogens with one attached hydrogen (secondary N) is 1. The summed E-state index contributed by atoms with van der Waals surface area (Å²) in [6.45, 7) is 12.4. The molecular formula is C43H54FN5O6. The van der Waals surface area contributed by atoms with Gasteiger partial charge in [-0.2, -0.15) is 0 Å². The van der Waals surface area contributed by atoms with Crippen LogP contribution in [0.5, 0.6) is 5.75 Å². The summed E-state index contributed by atoms with van der Waals surface area (Å²) in [5.74, 6) is 0.472. The van der Waals surface area contributed by atoms with Crippen molar-refractivity contribution in [2.24, 2.45) is 5.92 Å². The Morgan fingerprint density at radius 2 is 1.80 bits per heavy atom. The zero-order valence-corrected chi connectivity index (χ0v) is 32.7. The fourth-order valence-electron chi connectivity index (χ4n) is 8.52. The Morgan fingerprint density at radius 1 is 1.05 bits per heavy atom. The van der Waals surface area contributed by atoms with E-state index < -0.39 is 41.5 Å². The van der Waals surface area contributed by atoms with Gasteiger partial charge in [-0.05, 0) is 78.1 Å². The number of pyridine rings is 1. The average Bonchev–Trinajstić information content (AvgIpc) is 3.73. The number of alkyl halides is 1. The van der Waals surface area contributed by atoms with Crippen LogP contribution in [-0.2, 0) is 26.3 Å². The van der Waals surface area contributed by atoms with E-state index >= 15 is 0 Å². The zero-order chi connectivity index (χ0) is 39.1. The molecule has 5 heterocycles. The third-order valence-corrected chi connectivity index (χ3v) is 11.5. The summed E-state index contributed by atoms with van der Waals surface area (Å²) < 4.78 is 32.8. The molecule has 0 spiro atoms. The number of aliphatic hydroxyl groups excluding tert-OH is 1. The molecule has 0 bridgehead atoms. The molecule has 0 aliphatic carbocycles. The van der Waals surface area contributed by atoms with Crippen LogP contribution in [0.3, 0.4) is 0 Å². The lowest BCUT2D eigenvalue weighted by Crippen LogP contribution is -2.65. The van der Waals surface area contributed by atoms with Gasteiger partial charge in [-0.3, -0.25) is 24.4 Å². The monoisotopic (exact) mass is 755 g/mol. The lowest BCUT2D eigenvalue weighted by Gasteiger charge is -2.47. The molecule has 0 radical (unpaired) electrons. The molecule has 0 saturated carbocycles. The van der Waals surface area contributed by atoms with Gasteiger partial charge in [0.15, 0.2) is 0 Å². The number of halogens is 1. The molecule has 3 aliphatic rings. The molecule has 2 amide bonds. The van der Waals surface area contributed by atoms with Gasteiger partial charge in [0.05, 0.1) is 23.2 Å². The highest BCUT2D eigenvalue weighted by Crippen LogP contribution is 2.48. The standard InChI is InChI=1S/C43H54FN5O6/c1-41(2,27-44)46-39(51)33-25-48(42(3,4)37-22-30-23-45-17-16-34(30)54-37)19-18-47(33)24-31(50)21-29(20-28-12-8-7-9-13-28)40(52)49-38-32-14-10-11-15-35(32)53-26-36(38)55-43(49,5)6/h7-17,22-23,29,31,33,36,38,50H,18-21,24-27H2,1-6H3,(H,46,51)/t29-,31+,33+,36-,38+/m1/s1. The molecule has 2 N–H and O–H groups in total. The van der Waals surface area contributed by atoms with Crippen molar-refractivity contribution in [3.63, 3.8) is 0 Å². The molecule has 2 saturated heterocycles. The largest absolute Gasteiger partial charge is 0.490 e. The van der Waals surface area contributed by atoms with Gasteiger partial charge < -0.3 is 29.2 Å². The van der Waals surface area contributed by atoms with Crippen molar-refractivity contribution in [3.8, 4) is 5.75 Å². The first-order chi connectivity index (χ1) is 26.2. The van der Waals surface area contributed by atoms with Crippen LogP contribution in [0, 0.1) is 5.92 Å². The molecule has 11 nitrogen and oxygen atoms in total. The van der Waals surface area contributed by atoms with Gasteiger partial charge in [0.1, 0.15) is 48.2 Å². The molecule has 2 aromatic heterocycles. The summed E-state index contributed by atoms with van der Waals surface area (Å²) in [6.07, 6.45) is 2.76. The highest BCUT2D eigenvalue weighted by atomic mass is 19.1. The van der Waals surface area contributed by atoms with Gasteiger partial charge in [-0.1, -0.05) is 48.5 Å². The van der Waals surface area contributed by atoms with Crippen molar-refractivity contribution in [1.82, 2.24) is 25.0 Å². The van der Waals surface area contributed by atoms with E-state index in [1.165, 1.54) is 0 Å². The number of β-amino-alcohol motifs (C(OH)–C–C–N with tert-alkyl or cyclic N) is 1. The van der Waals surface area contributed by atoms with Gasteiger partial charge in [-0.15, -0.1) is 0 Å². The number of ether oxygens (including phenoxy) is 2. The normalized spacial score (nSPS) is 22.8. The number of benzene rings is 2. The topological polar surface area (TPSA) is 121 Å². The van der Waals surface area contributed by atoms with Crippen molar-refractivity contribution in [2.45, 2.75) is 95.5 Å². The van der Waals surface area contributed by atoms with Crippen molar-refractivity contribution in [3.05, 3.63) is 96.0 Å². The maximum atomic E-state index is 14.9. The highest BCUT2D eigenvalue weighted by molar-refractivity contribution is 5.83. The molecular weight excluding hydrogens is 702 g/mol. The molecule has 2 fully saturated rings. The highest BCUT2D eigenvalue weighted by Gasteiger charge is 2.54. The van der Waals surface area contributed by atoms with E-state index in [1.54, 1.807) is 26.2 Å². The smallest absolute Gasteiger partial charge is 0.239 e. The molecule has 12 heteroatoms. The van der Waals surface area contributed by atoms with E-state index in [2.05, 4.69) is 29.0 Å². The Morgan fingerprint density at radius 3 is 2.55 bits per heavy atom. The number of furan rings is 1. The number of hydrogen-bond donors (Lipinski definition) is 2. The van der Waals surface area contributed by atoms with E-state index in [-0.39, 0.29) is 36.9 Å². The summed E-state index contributed by atoms with van der Waals surface area (Å²) in [5.41, 5.74) is 0.0529. The Balaban J connectivity index is 1.13. The molecule has 55 heavy (non-hydrogen) atoms. The van der Waals surface area contributed by atoms with Crippen molar-refractivity contribution >= 4 is 22.8 Å². The van der Waals surface area contributed by atoms with Crippen LogP contribution in [0.4, 0.5) is 4.39 Å². The number of carbonyl (C=O) groups excluding carboxylic acids is 2. The molecule has 294 valence electrons. The van der Waals surface area contributed by atoms with Gasteiger partial charge in [0, 0.05) is 55.4 Å². The van der Waals surface area contributed by atoms with Crippen molar-refractivity contribution in [2.75, 3.05) is 39.5 Å². The lowest BCUT2D eigenvalue weighted by molar-refractivity contribution is -0.153. The van der Waals surface area contributed by atoms with E-state index in [0.717, 1.165) is 33.6 Å². The van der Waals surface area contributed by atoms with Gasteiger partial charge in [-0.25, -0.2) is 4.39 Å². The van der Waals surface area contributed by atoms with Crippen LogP contribution in [0.1, 0.15) is 70.9 Å². The summed E-state index contributed by atoms with van der Waals surface area (Å²) in [4.78, 5) is 39.2. The summed E-state index contributed by atoms with van der Waals surface area (Å²) in [7, 11) is 0. The van der Waals surface area contributed by atoms with Crippen LogP contribution in [-0.4, -0.2) is 106 Å². The van der Waals surface area contributed by atoms with Crippen LogP contribution in [0.2, 0.25) is 0 Å². The number of aromatic nitrogens is 1. The first-order valence-corrected chi connectivity index (χ1v) is 19.3. The quantitative estimate of drug-likeness (QED) is 0.190. The molecule has 4 aromatic rings. The Labute approximate surface area is 322 Å². The molecule has 5 atom stereocenters. The third-order valence-electron chi connectivity index (χ3n) is 11.5. The van der Waals surface area contributed by atoms with E-state index in [0.29, 0.717) is 32.7 Å². The Kier molecular flexibility index (Phi) is 10.8. The summed E-state index contributed by atoms with van der Waals surface area (Å²) >= 11 is 0. The maximum Gasteiger partial charge on any atom is 0.239 e. The minimum atomic E-state index is -1.07. The number of fused-ring (bicyclic) bond motifs is 4. The number of rotatable bonds is 12. The Bertz CT molecular complexity index is 1950. The van der Waals surface area contributed by atoms with Crippen molar-refractivity contribution < 1.29 is 33.0 Å². The fourth-order valence-corrected chi connectivity index (χ4v) is 8.52. The predicted molar refractivity (Wildman–Crippen MR) is 207 cm³/mol. The minimum absolute atomic E-state index is 0.108. The van der Waals surface area contributed by atoms with Gasteiger partial charge in [0.25, 0.3) is 0 Å². The van der Waals surface area contributed by atoms with Gasteiger partial charge in [0.2, 0.25) is 11.8 Å². The zero-order valence-electron chi connectivity index (χ0n) is 32.7. The number of amides is 2. The summed E-state index contributed by atoms with van der Waals surface area (Å²) in [6, 6.07) is 20.4. The second-order valence-corrected chi connectivity index (χ2v) is 16.9. The fraction of sp³-hybridized carbons (Fsp3) is 0.512. The first kappa shape index (κ1) is 38.9. The molecule has 7 rings (SSSR count). The van der Waals surface area contributed by atoms with E-state index in [4.69, 9.17) is 13.9 Å². The molecule has 0 unspecified atom stereocenters. The number of piperazine rings is 1. The number of para-hydroxylation sites is 1. The van der Waals surface area contributed by atoms with Crippen LogP contribution in [0.25, 0.3) is 11.0 Å². The second kappa shape index (κ2) is 15.3. The number of carbonyl (C=O) groups is 2. The number of hydrogen-bond acceptors (Lipinski definition) is 9. The second-order valence-electron chi connectivity index (χ2n) is 16.9. The van der Waals surface area contributed by atoms with Crippen LogP contribution < -0.4 is 10.1 Å². The van der Waals surface area contributed by atoms with Crippen LogP contribution >= 0.6 is 0 Å². The van der Waals surface area contributed by atoms with Gasteiger partial charge >= 0.3 is 0 Å². The third kappa shape index (κ3) is 8.00. The van der Waals surface area contributed by atoms with E-state index in [9.17, 15) is 19.1 Å².